The van der Waals surface area contributed by atoms with E-state index in [0.717, 1.165) is 59.5 Å². The number of rotatable bonds is 12. The van der Waals surface area contributed by atoms with Crippen LogP contribution in [0.3, 0.4) is 0 Å². The third-order valence-corrected chi connectivity index (χ3v) is 6.88. The van der Waals surface area contributed by atoms with E-state index in [1.54, 1.807) is 6.20 Å². The number of halogens is 2. The predicted octanol–water partition coefficient (Wildman–Crippen LogP) is 9.18. The van der Waals surface area contributed by atoms with Crippen LogP contribution in [0.15, 0.2) is 84.2 Å². The fourth-order valence-corrected chi connectivity index (χ4v) is 4.20. The molecule has 9 heteroatoms. The lowest BCUT2D eigenvalue weighted by molar-refractivity contribution is 0.487. The summed E-state index contributed by atoms with van der Waals surface area (Å²) in [5.41, 5.74) is 16.7. The molecule has 5 N–H and O–H groups in total. The largest absolute Gasteiger partial charge is 0.405 e. The average molecular weight is 644 g/mol. The molecule has 2 aromatic carbocycles. The van der Waals surface area contributed by atoms with Gasteiger partial charge in [0, 0.05) is 23.7 Å². The predicted molar refractivity (Wildman–Crippen MR) is 193 cm³/mol. The number of aromatic nitrogens is 2. The summed E-state index contributed by atoms with van der Waals surface area (Å²) >= 11 is 0. The van der Waals surface area contributed by atoms with Gasteiger partial charge in [0.25, 0.3) is 0 Å². The number of hydrogen-bond donors (Lipinski definition) is 3. The summed E-state index contributed by atoms with van der Waals surface area (Å²) < 4.78 is 27.3. The lowest BCUT2D eigenvalue weighted by atomic mass is 9.96. The van der Waals surface area contributed by atoms with Crippen LogP contribution in [-0.2, 0) is 6.54 Å². The summed E-state index contributed by atoms with van der Waals surface area (Å²) in [6.45, 7) is 20.3. The van der Waals surface area contributed by atoms with Crippen molar-refractivity contribution >= 4 is 17.2 Å². The lowest BCUT2D eigenvalue weighted by Crippen LogP contribution is -2.32. The van der Waals surface area contributed by atoms with Crippen molar-refractivity contribution in [2.24, 2.45) is 16.5 Å². The summed E-state index contributed by atoms with van der Waals surface area (Å²) in [5.74, 6) is -1.82. The first-order chi connectivity index (χ1) is 22.3. The van der Waals surface area contributed by atoms with Crippen LogP contribution in [0.1, 0.15) is 109 Å². The molecule has 252 valence electrons. The molecule has 1 unspecified atom stereocenters. The van der Waals surface area contributed by atoms with Gasteiger partial charge in [0.2, 0.25) is 0 Å². The minimum absolute atomic E-state index is 0.142. The third kappa shape index (κ3) is 13.7. The van der Waals surface area contributed by atoms with Crippen LogP contribution in [0.25, 0.3) is 5.70 Å². The van der Waals surface area contributed by atoms with Crippen LogP contribution < -0.4 is 16.8 Å². The van der Waals surface area contributed by atoms with Crippen LogP contribution in [0.5, 0.6) is 0 Å². The lowest BCUT2D eigenvalue weighted by Gasteiger charge is -2.19. The average Bonchev–Trinajstić information content (AvgIpc) is 3.06. The molecule has 0 saturated carbocycles. The molecule has 0 radical (unpaired) electrons. The van der Waals surface area contributed by atoms with Crippen LogP contribution >= 0.6 is 0 Å². The molecule has 1 atom stereocenters. The SMILES string of the molecule is C=C(C)C(CCC(C)(C)N)=N/C(=C\C)c1ccc(CNc2ncc(C#N)nc2C(C)c2ccc(F)c(F)c2)cc1.CC.CC/C=C/N. The van der Waals surface area contributed by atoms with Gasteiger partial charge in [0.15, 0.2) is 17.3 Å². The van der Waals surface area contributed by atoms with E-state index < -0.39 is 17.6 Å². The van der Waals surface area contributed by atoms with Crippen molar-refractivity contribution in [3.05, 3.63) is 119 Å². The van der Waals surface area contributed by atoms with Crippen LogP contribution in [0.4, 0.5) is 14.6 Å². The Kier molecular flexibility index (Phi) is 17.5. The zero-order chi connectivity index (χ0) is 35.6. The topological polar surface area (TPSA) is 126 Å². The molecule has 0 saturated heterocycles. The Bertz CT molecular complexity index is 1560. The number of nitrogens with zero attached hydrogens (tertiary/aromatic N) is 4. The highest BCUT2D eigenvalue weighted by molar-refractivity contribution is 6.02. The van der Waals surface area contributed by atoms with E-state index in [4.69, 9.17) is 16.5 Å². The normalized spacial score (nSPS) is 12.3. The van der Waals surface area contributed by atoms with E-state index in [9.17, 15) is 14.0 Å². The number of allylic oxidation sites excluding steroid dienone is 3. The molecule has 1 heterocycles. The van der Waals surface area contributed by atoms with Crippen molar-refractivity contribution in [1.82, 2.24) is 9.97 Å². The highest BCUT2D eigenvalue weighted by atomic mass is 19.2. The number of aliphatic imine (C=N–C) groups is 1. The minimum atomic E-state index is -0.938. The second kappa shape index (κ2) is 20.4. The third-order valence-electron chi connectivity index (χ3n) is 6.88. The second-order valence-electron chi connectivity index (χ2n) is 11.4. The summed E-state index contributed by atoms with van der Waals surface area (Å²) in [5, 5.41) is 12.6. The number of nitriles is 1. The Hall–Kier alpha value is -4.68. The maximum absolute atomic E-state index is 13.9. The second-order valence-corrected chi connectivity index (χ2v) is 11.4. The fourth-order valence-electron chi connectivity index (χ4n) is 4.20. The maximum atomic E-state index is 13.9. The van der Waals surface area contributed by atoms with Gasteiger partial charge < -0.3 is 16.8 Å². The van der Waals surface area contributed by atoms with Crippen molar-refractivity contribution in [1.29, 1.82) is 5.26 Å². The Morgan fingerprint density at radius 1 is 1.15 bits per heavy atom. The molecule has 1 aromatic heterocycles. The number of benzene rings is 2. The van der Waals surface area contributed by atoms with Gasteiger partial charge >= 0.3 is 0 Å². The molecule has 0 aliphatic rings. The van der Waals surface area contributed by atoms with Gasteiger partial charge in [0.05, 0.1) is 17.6 Å². The molecule has 0 fully saturated rings. The molecular formula is C38H51F2N7. The van der Waals surface area contributed by atoms with E-state index in [1.807, 2.05) is 97.9 Å². The van der Waals surface area contributed by atoms with Gasteiger partial charge in [-0.3, -0.25) is 4.99 Å². The van der Waals surface area contributed by atoms with Gasteiger partial charge in [-0.05, 0) is 87.6 Å². The number of nitrogens with one attached hydrogen (secondary N) is 1. The fraction of sp³-hybridized carbons (Fsp3) is 0.368. The van der Waals surface area contributed by atoms with Crippen molar-refractivity contribution in [2.45, 2.75) is 92.7 Å². The van der Waals surface area contributed by atoms with E-state index in [2.05, 4.69) is 21.9 Å². The smallest absolute Gasteiger partial charge is 0.159 e. The standard InChI is InChI=1S/C32H36F2N6.C4H9N.C2H6/c1-7-28(40-29(20(2)3)14-15-32(5,6)36)23-10-8-22(9-11-23)18-37-31-30(39-25(17-35)19-38-31)21(4)24-12-13-26(33)27(34)16-24;1-2-3-4-5;1-2/h7-13,16,19,21H,2,14-15,18,36H2,1,3-6H3,(H,37,38);3-4H,2,5H2,1H3;1-2H3/b28-7-,40-29?;4-3+;. The molecule has 7 nitrogen and oxygen atoms in total. The molecular weight excluding hydrogens is 592 g/mol. The summed E-state index contributed by atoms with van der Waals surface area (Å²) in [4.78, 5) is 13.7. The Morgan fingerprint density at radius 2 is 1.81 bits per heavy atom. The van der Waals surface area contributed by atoms with Gasteiger partial charge in [-0.25, -0.2) is 18.7 Å². The highest BCUT2D eigenvalue weighted by Gasteiger charge is 2.19. The Morgan fingerprint density at radius 3 is 2.30 bits per heavy atom. The van der Waals surface area contributed by atoms with E-state index in [-0.39, 0.29) is 11.2 Å². The summed E-state index contributed by atoms with van der Waals surface area (Å²) in [7, 11) is 0. The zero-order valence-corrected chi connectivity index (χ0v) is 29.2. The Balaban J connectivity index is 0.00000144. The molecule has 0 aliphatic carbocycles. The molecule has 0 amide bonds. The van der Waals surface area contributed by atoms with Crippen molar-refractivity contribution in [3.63, 3.8) is 0 Å². The van der Waals surface area contributed by atoms with Crippen LogP contribution in [-0.4, -0.2) is 21.2 Å². The van der Waals surface area contributed by atoms with Crippen LogP contribution in [0, 0.1) is 23.0 Å². The van der Waals surface area contributed by atoms with Crippen molar-refractivity contribution in [2.75, 3.05) is 5.32 Å². The van der Waals surface area contributed by atoms with E-state index >= 15 is 0 Å². The number of anilines is 1. The van der Waals surface area contributed by atoms with Gasteiger partial charge in [0.1, 0.15) is 11.9 Å². The van der Waals surface area contributed by atoms with Gasteiger partial charge in [-0.15, -0.1) is 0 Å². The van der Waals surface area contributed by atoms with E-state index in [0.29, 0.717) is 23.6 Å². The molecule has 0 spiro atoms. The number of nitrogens with two attached hydrogens (primary N) is 2. The minimum Gasteiger partial charge on any atom is -0.405 e. The summed E-state index contributed by atoms with van der Waals surface area (Å²) in [6, 6.07) is 13.7. The van der Waals surface area contributed by atoms with Gasteiger partial charge in [-0.1, -0.05) is 76.8 Å². The summed E-state index contributed by atoms with van der Waals surface area (Å²) in [6.07, 6.45) is 9.40. The van der Waals surface area contributed by atoms with Gasteiger partial charge in [-0.2, -0.15) is 5.26 Å². The first-order valence-electron chi connectivity index (χ1n) is 15.9. The Labute approximate surface area is 280 Å². The van der Waals surface area contributed by atoms with E-state index in [1.165, 1.54) is 12.3 Å². The zero-order valence-electron chi connectivity index (χ0n) is 29.2. The monoisotopic (exact) mass is 643 g/mol. The highest BCUT2D eigenvalue weighted by Crippen LogP contribution is 2.29. The molecule has 47 heavy (non-hydrogen) atoms. The van der Waals surface area contributed by atoms with Crippen molar-refractivity contribution in [3.8, 4) is 6.07 Å². The van der Waals surface area contributed by atoms with Crippen molar-refractivity contribution < 1.29 is 8.78 Å². The first-order valence-corrected chi connectivity index (χ1v) is 15.9. The number of hydrogen-bond acceptors (Lipinski definition) is 7. The van der Waals surface area contributed by atoms with Crippen LogP contribution in [0.2, 0.25) is 0 Å². The molecule has 3 aromatic rings. The molecule has 0 bridgehead atoms. The maximum Gasteiger partial charge on any atom is 0.159 e. The first kappa shape index (κ1) is 40.3. The quantitative estimate of drug-likeness (QED) is 0.169. The molecule has 3 rings (SSSR count). The molecule has 0 aliphatic heterocycles.